The van der Waals surface area contributed by atoms with Crippen LogP contribution in [0.25, 0.3) is 22.1 Å². The Bertz CT molecular complexity index is 1310. The van der Waals surface area contributed by atoms with Crippen LogP contribution in [0.5, 0.6) is 11.5 Å². The van der Waals surface area contributed by atoms with Crippen molar-refractivity contribution in [2.75, 3.05) is 13.8 Å². The van der Waals surface area contributed by atoms with E-state index in [1.165, 1.54) is 5.56 Å². The summed E-state index contributed by atoms with van der Waals surface area (Å²) < 4.78 is 17.7. The van der Waals surface area contributed by atoms with Crippen molar-refractivity contribution >= 4 is 11.0 Å². The third-order valence-corrected chi connectivity index (χ3v) is 5.71. The van der Waals surface area contributed by atoms with Gasteiger partial charge in [-0.25, -0.2) is 0 Å². The van der Waals surface area contributed by atoms with Crippen LogP contribution in [0.3, 0.4) is 0 Å². The van der Waals surface area contributed by atoms with Gasteiger partial charge in [0.25, 0.3) is 0 Å². The second kappa shape index (κ2) is 7.93. The Hall–Kier alpha value is -3.57. The third kappa shape index (κ3) is 3.47. The summed E-state index contributed by atoms with van der Waals surface area (Å²) in [5, 5.41) is 0.551. The minimum atomic E-state index is -0.0637. The molecule has 0 aliphatic carbocycles. The number of methoxy groups -OCH3 is 1. The molecule has 0 amide bonds. The van der Waals surface area contributed by atoms with Gasteiger partial charge in [-0.15, -0.1) is 0 Å². The number of ether oxygens (including phenoxy) is 2. The molecule has 1 aliphatic heterocycles. The molecule has 1 aliphatic rings. The first kappa shape index (κ1) is 19.4. The van der Waals surface area contributed by atoms with Crippen molar-refractivity contribution in [2.45, 2.75) is 20.0 Å². The van der Waals surface area contributed by atoms with Crippen LogP contribution in [0.1, 0.15) is 16.9 Å². The molecule has 3 aromatic carbocycles. The van der Waals surface area contributed by atoms with Crippen molar-refractivity contribution in [3.8, 4) is 22.6 Å². The van der Waals surface area contributed by atoms with Crippen LogP contribution in [-0.4, -0.2) is 18.7 Å². The van der Waals surface area contributed by atoms with Crippen molar-refractivity contribution < 1.29 is 13.9 Å². The molecule has 0 spiro atoms. The maximum Gasteiger partial charge on any atom is 0.200 e. The Labute approximate surface area is 180 Å². The van der Waals surface area contributed by atoms with E-state index in [9.17, 15) is 4.79 Å². The molecular weight excluding hydrogens is 390 g/mol. The predicted molar refractivity (Wildman–Crippen MR) is 120 cm³/mol. The van der Waals surface area contributed by atoms with Crippen molar-refractivity contribution in [3.63, 3.8) is 0 Å². The van der Waals surface area contributed by atoms with E-state index in [1.807, 2.05) is 55.5 Å². The minimum Gasteiger partial charge on any atom is -0.496 e. The largest absolute Gasteiger partial charge is 0.496 e. The second-order valence-corrected chi connectivity index (χ2v) is 7.73. The number of aryl methyl sites for hydroxylation is 1. The van der Waals surface area contributed by atoms with Gasteiger partial charge in [0.05, 0.1) is 23.6 Å². The van der Waals surface area contributed by atoms with E-state index in [0.717, 1.165) is 23.4 Å². The van der Waals surface area contributed by atoms with Gasteiger partial charge in [-0.1, -0.05) is 48.5 Å². The Balaban J connectivity index is 1.60. The minimum absolute atomic E-state index is 0.0637. The van der Waals surface area contributed by atoms with E-state index < -0.39 is 0 Å². The maximum absolute atomic E-state index is 13.5. The fourth-order valence-corrected chi connectivity index (χ4v) is 4.23. The molecule has 5 heteroatoms. The summed E-state index contributed by atoms with van der Waals surface area (Å²) in [4.78, 5) is 15.7. The van der Waals surface area contributed by atoms with E-state index in [1.54, 1.807) is 13.2 Å². The van der Waals surface area contributed by atoms with Crippen molar-refractivity contribution in [1.82, 2.24) is 4.90 Å². The summed E-state index contributed by atoms with van der Waals surface area (Å²) in [6, 6.07) is 21.4. The summed E-state index contributed by atoms with van der Waals surface area (Å²) in [6.45, 7) is 3.74. The van der Waals surface area contributed by atoms with Gasteiger partial charge >= 0.3 is 0 Å². The topological polar surface area (TPSA) is 51.9 Å². The lowest BCUT2D eigenvalue weighted by atomic mass is 9.99. The van der Waals surface area contributed by atoms with Crippen LogP contribution in [0.15, 0.2) is 75.9 Å². The standard InChI is InChI=1S/C26H23NO4/c1-17-24(19-10-6-7-11-22(19)29-2)25(28)20-12-13-23-21(26(20)31-17)15-27(16-30-23)14-18-8-4-3-5-9-18/h3-13H,14-16H2,1-2H3. The van der Waals surface area contributed by atoms with Crippen molar-refractivity contribution in [1.29, 1.82) is 0 Å². The number of nitrogens with zero attached hydrogens (tertiary/aromatic N) is 1. The van der Waals surface area contributed by atoms with Gasteiger partial charge in [-0.3, -0.25) is 9.69 Å². The van der Waals surface area contributed by atoms with Gasteiger partial charge in [-0.2, -0.15) is 0 Å². The molecule has 4 aromatic rings. The highest BCUT2D eigenvalue weighted by molar-refractivity contribution is 5.87. The highest BCUT2D eigenvalue weighted by Crippen LogP contribution is 2.36. The molecule has 0 saturated heterocycles. The first-order chi connectivity index (χ1) is 15.2. The Morgan fingerprint density at radius 3 is 2.58 bits per heavy atom. The number of benzene rings is 3. The molecule has 2 heterocycles. The monoisotopic (exact) mass is 413 g/mol. The van der Waals surface area contributed by atoms with Gasteiger partial charge < -0.3 is 13.9 Å². The third-order valence-electron chi connectivity index (χ3n) is 5.71. The van der Waals surface area contributed by atoms with E-state index in [2.05, 4.69) is 17.0 Å². The summed E-state index contributed by atoms with van der Waals surface area (Å²) in [5.74, 6) is 1.98. The molecule has 0 fully saturated rings. The van der Waals surface area contributed by atoms with Gasteiger partial charge in [-0.05, 0) is 30.7 Å². The number of hydrogen-bond acceptors (Lipinski definition) is 5. The van der Waals surface area contributed by atoms with Crippen LogP contribution in [0.4, 0.5) is 0 Å². The van der Waals surface area contributed by atoms with Gasteiger partial charge in [0.15, 0.2) is 0 Å². The van der Waals surface area contributed by atoms with E-state index in [4.69, 9.17) is 13.9 Å². The first-order valence-electron chi connectivity index (χ1n) is 10.3. The van der Waals surface area contributed by atoms with Gasteiger partial charge in [0, 0.05) is 18.7 Å². The molecule has 0 unspecified atom stereocenters. The molecule has 0 bridgehead atoms. The van der Waals surface area contributed by atoms with Gasteiger partial charge in [0.1, 0.15) is 29.6 Å². The highest BCUT2D eigenvalue weighted by atomic mass is 16.5. The second-order valence-electron chi connectivity index (χ2n) is 7.73. The van der Waals surface area contributed by atoms with Gasteiger partial charge in [0.2, 0.25) is 5.43 Å². The number of fused-ring (bicyclic) bond motifs is 3. The lowest BCUT2D eigenvalue weighted by Gasteiger charge is -2.29. The fraction of sp³-hybridized carbons (Fsp3) is 0.192. The summed E-state index contributed by atoms with van der Waals surface area (Å²) >= 11 is 0. The fourth-order valence-electron chi connectivity index (χ4n) is 4.23. The SMILES string of the molecule is COc1ccccc1-c1c(C)oc2c3c(ccc2c1=O)OCN(Cc1ccccc1)C3. The first-order valence-corrected chi connectivity index (χ1v) is 10.3. The molecule has 5 nitrogen and oxygen atoms in total. The zero-order valence-electron chi connectivity index (χ0n) is 17.6. The molecule has 0 N–H and O–H groups in total. The zero-order chi connectivity index (χ0) is 21.4. The zero-order valence-corrected chi connectivity index (χ0v) is 17.6. The molecule has 0 radical (unpaired) electrons. The number of rotatable bonds is 4. The smallest absolute Gasteiger partial charge is 0.200 e. The van der Waals surface area contributed by atoms with Crippen LogP contribution in [-0.2, 0) is 13.1 Å². The average molecular weight is 413 g/mol. The van der Waals surface area contributed by atoms with E-state index >= 15 is 0 Å². The van der Waals surface area contributed by atoms with E-state index in [-0.39, 0.29) is 5.43 Å². The lowest BCUT2D eigenvalue weighted by molar-refractivity contribution is 0.0890. The van der Waals surface area contributed by atoms with Crippen LogP contribution >= 0.6 is 0 Å². The normalized spacial score (nSPS) is 13.6. The Kier molecular flexibility index (Phi) is 4.96. The van der Waals surface area contributed by atoms with Crippen LogP contribution < -0.4 is 14.9 Å². The highest BCUT2D eigenvalue weighted by Gasteiger charge is 2.24. The molecule has 0 atom stereocenters. The number of hydrogen-bond donors (Lipinski definition) is 0. The number of para-hydroxylation sites is 1. The summed E-state index contributed by atoms with van der Waals surface area (Å²) in [6.07, 6.45) is 0. The van der Waals surface area contributed by atoms with Crippen molar-refractivity contribution in [3.05, 3.63) is 93.8 Å². The average Bonchev–Trinajstić information content (AvgIpc) is 2.80. The molecule has 31 heavy (non-hydrogen) atoms. The summed E-state index contributed by atoms with van der Waals surface area (Å²) in [5.41, 5.74) is 3.92. The summed E-state index contributed by atoms with van der Waals surface area (Å²) in [7, 11) is 1.60. The molecular formula is C26H23NO4. The molecule has 5 rings (SSSR count). The van der Waals surface area contributed by atoms with Crippen molar-refractivity contribution in [2.24, 2.45) is 0 Å². The van der Waals surface area contributed by atoms with Crippen LogP contribution in [0.2, 0.25) is 0 Å². The molecule has 0 saturated carbocycles. The lowest BCUT2D eigenvalue weighted by Crippen LogP contribution is -2.31. The Morgan fingerprint density at radius 2 is 1.77 bits per heavy atom. The maximum atomic E-state index is 13.5. The quantitative estimate of drug-likeness (QED) is 0.464. The Morgan fingerprint density at radius 1 is 1.00 bits per heavy atom. The predicted octanol–water partition coefficient (Wildman–Crippen LogP) is 5.13. The molecule has 1 aromatic heterocycles. The van der Waals surface area contributed by atoms with E-state index in [0.29, 0.717) is 41.3 Å². The van der Waals surface area contributed by atoms with Crippen LogP contribution in [0, 0.1) is 6.92 Å². The molecule has 156 valence electrons.